The molecule has 7 heteroatoms. The average Bonchev–Trinajstić information content (AvgIpc) is 3.38. The molecule has 6 nitrogen and oxygen atoms in total. The normalized spacial score (nSPS) is 22.2. The van der Waals surface area contributed by atoms with E-state index in [-0.39, 0.29) is 17.9 Å². The van der Waals surface area contributed by atoms with Gasteiger partial charge in [-0.2, -0.15) is 5.10 Å². The molecule has 1 fully saturated rings. The molecule has 0 aromatic carbocycles. The number of aryl methyl sites for hydroxylation is 2. The van der Waals surface area contributed by atoms with Gasteiger partial charge < -0.3 is 10.1 Å². The first-order valence-corrected chi connectivity index (χ1v) is 10.8. The maximum absolute atomic E-state index is 12.7. The SMILES string of the molecule is CC(C)n1cc([C@@H]2OCC[C@H]2C(=O)NCCc2nc3c(s2)CCCC3)cn1. The van der Waals surface area contributed by atoms with Crippen LogP contribution in [0.1, 0.15) is 66.4 Å². The minimum atomic E-state index is -0.190. The Bertz CT molecular complexity index is 774. The largest absolute Gasteiger partial charge is 0.373 e. The van der Waals surface area contributed by atoms with Gasteiger partial charge in [-0.25, -0.2) is 4.98 Å². The summed E-state index contributed by atoms with van der Waals surface area (Å²) in [5.41, 5.74) is 2.29. The van der Waals surface area contributed by atoms with E-state index in [0.29, 0.717) is 19.2 Å². The van der Waals surface area contributed by atoms with Crippen LogP contribution < -0.4 is 5.32 Å². The molecular weight excluding hydrogens is 360 g/mol. The van der Waals surface area contributed by atoms with Crippen molar-refractivity contribution < 1.29 is 9.53 Å². The molecule has 2 aliphatic rings. The summed E-state index contributed by atoms with van der Waals surface area (Å²) < 4.78 is 7.77. The van der Waals surface area contributed by atoms with Gasteiger partial charge in [0.1, 0.15) is 0 Å². The van der Waals surface area contributed by atoms with Crippen molar-refractivity contribution in [3.63, 3.8) is 0 Å². The summed E-state index contributed by atoms with van der Waals surface area (Å²) in [6.45, 7) is 5.44. The lowest BCUT2D eigenvalue weighted by molar-refractivity contribution is -0.126. The van der Waals surface area contributed by atoms with Crippen LogP contribution in [0.3, 0.4) is 0 Å². The van der Waals surface area contributed by atoms with Gasteiger partial charge in [0, 0.05) is 42.3 Å². The second-order valence-corrected chi connectivity index (χ2v) is 8.93. The highest BCUT2D eigenvalue weighted by Gasteiger charge is 2.36. The van der Waals surface area contributed by atoms with Gasteiger partial charge in [-0.3, -0.25) is 9.48 Å². The Morgan fingerprint density at radius 1 is 1.41 bits per heavy atom. The predicted molar refractivity (Wildman–Crippen MR) is 105 cm³/mol. The first-order valence-electron chi connectivity index (χ1n) is 10.0. The van der Waals surface area contributed by atoms with Gasteiger partial charge in [0.25, 0.3) is 0 Å². The molecule has 2 atom stereocenters. The number of fused-ring (bicyclic) bond motifs is 1. The van der Waals surface area contributed by atoms with Crippen molar-refractivity contribution in [3.8, 4) is 0 Å². The maximum atomic E-state index is 12.7. The summed E-state index contributed by atoms with van der Waals surface area (Å²) in [6.07, 6.45) is 10.0. The van der Waals surface area contributed by atoms with E-state index in [1.54, 1.807) is 0 Å². The second kappa shape index (κ2) is 8.10. The number of rotatable bonds is 6. The van der Waals surface area contributed by atoms with Crippen LogP contribution in [0.5, 0.6) is 0 Å². The number of aromatic nitrogens is 3. The predicted octanol–water partition coefficient (Wildman–Crippen LogP) is 3.24. The van der Waals surface area contributed by atoms with E-state index in [1.807, 2.05) is 28.4 Å². The smallest absolute Gasteiger partial charge is 0.226 e. The summed E-state index contributed by atoms with van der Waals surface area (Å²) in [5, 5.41) is 8.64. The summed E-state index contributed by atoms with van der Waals surface area (Å²) in [7, 11) is 0. The second-order valence-electron chi connectivity index (χ2n) is 7.76. The molecule has 0 spiro atoms. The van der Waals surface area contributed by atoms with Crippen molar-refractivity contribution >= 4 is 17.2 Å². The van der Waals surface area contributed by atoms with E-state index in [2.05, 4.69) is 24.3 Å². The summed E-state index contributed by atoms with van der Waals surface area (Å²) in [4.78, 5) is 18.9. The van der Waals surface area contributed by atoms with Gasteiger partial charge in [-0.15, -0.1) is 11.3 Å². The van der Waals surface area contributed by atoms with Crippen molar-refractivity contribution in [2.24, 2.45) is 5.92 Å². The van der Waals surface area contributed by atoms with Gasteiger partial charge in [-0.05, 0) is 46.0 Å². The molecule has 27 heavy (non-hydrogen) atoms. The molecule has 0 unspecified atom stereocenters. The van der Waals surface area contributed by atoms with Crippen LogP contribution >= 0.6 is 11.3 Å². The number of amides is 1. The van der Waals surface area contributed by atoms with Crippen LogP contribution in [-0.2, 0) is 28.8 Å². The number of thiazole rings is 1. The molecule has 3 heterocycles. The quantitative estimate of drug-likeness (QED) is 0.825. The van der Waals surface area contributed by atoms with Crippen LogP contribution in [0.25, 0.3) is 0 Å². The molecule has 0 radical (unpaired) electrons. The summed E-state index contributed by atoms with van der Waals surface area (Å²) >= 11 is 1.82. The minimum absolute atomic E-state index is 0.0797. The Kier molecular flexibility index (Phi) is 5.59. The Labute approximate surface area is 164 Å². The molecule has 4 rings (SSSR count). The zero-order valence-corrected chi connectivity index (χ0v) is 16.9. The third-order valence-corrected chi connectivity index (χ3v) is 6.65. The van der Waals surface area contributed by atoms with E-state index in [0.717, 1.165) is 29.8 Å². The van der Waals surface area contributed by atoms with Crippen molar-refractivity contribution in [1.82, 2.24) is 20.1 Å². The fourth-order valence-electron chi connectivity index (χ4n) is 3.90. The lowest BCUT2D eigenvalue weighted by atomic mass is 9.96. The number of ether oxygens (including phenoxy) is 1. The molecular formula is C20H28N4O2S. The van der Waals surface area contributed by atoms with Crippen molar-refractivity contribution in [3.05, 3.63) is 33.5 Å². The molecule has 1 saturated heterocycles. The number of carbonyl (C=O) groups is 1. The molecule has 1 amide bonds. The fraction of sp³-hybridized carbons (Fsp3) is 0.650. The lowest BCUT2D eigenvalue weighted by Crippen LogP contribution is -2.33. The van der Waals surface area contributed by atoms with E-state index in [1.165, 1.54) is 29.8 Å². The third kappa shape index (κ3) is 4.09. The van der Waals surface area contributed by atoms with Gasteiger partial charge in [0.15, 0.2) is 0 Å². The molecule has 2 aromatic heterocycles. The highest BCUT2D eigenvalue weighted by atomic mass is 32.1. The Balaban J connectivity index is 1.32. The molecule has 2 aromatic rings. The third-order valence-electron chi connectivity index (χ3n) is 5.44. The maximum Gasteiger partial charge on any atom is 0.226 e. The molecule has 1 aliphatic heterocycles. The first kappa shape index (κ1) is 18.6. The Morgan fingerprint density at radius 3 is 3.04 bits per heavy atom. The van der Waals surface area contributed by atoms with Crippen LogP contribution in [0.15, 0.2) is 12.4 Å². The van der Waals surface area contributed by atoms with E-state index >= 15 is 0 Å². The number of nitrogens with zero attached hydrogens (tertiary/aromatic N) is 3. The van der Waals surface area contributed by atoms with Gasteiger partial charge in [-0.1, -0.05) is 0 Å². The number of carbonyl (C=O) groups excluding carboxylic acids is 1. The zero-order chi connectivity index (χ0) is 18.8. The molecule has 1 aliphatic carbocycles. The monoisotopic (exact) mass is 388 g/mol. The molecule has 1 N–H and O–H groups in total. The average molecular weight is 389 g/mol. The van der Waals surface area contributed by atoms with E-state index in [9.17, 15) is 4.79 Å². The van der Waals surface area contributed by atoms with Gasteiger partial charge >= 0.3 is 0 Å². The summed E-state index contributed by atoms with van der Waals surface area (Å²) in [5.74, 6) is -0.0598. The van der Waals surface area contributed by atoms with Gasteiger partial charge in [0.05, 0.1) is 28.9 Å². The first-order chi connectivity index (χ1) is 13.1. The van der Waals surface area contributed by atoms with Crippen LogP contribution in [0.2, 0.25) is 0 Å². The van der Waals surface area contributed by atoms with E-state index < -0.39 is 0 Å². The topological polar surface area (TPSA) is 69.0 Å². The molecule has 0 saturated carbocycles. The van der Waals surface area contributed by atoms with Crippen LogP contribution in [-0.4, -0.2) is 33.8 Å². The minimum Gasteiger partial charge on any atom is -0.373 e. The zero-order valence-electron chi connectivity index (χ0n) is 16.1. The van der Waals surface area contributed by atoms with Gasteiger partial charge in [0.2, 0.25) is 5.91 Å². The van der Waals surface area contributed by atoms with Crippen LogP contribution in [0, 0.1) is 5.92 Å². The standard InChI is InChI=1S/C20H28N4O2S/c1-13(2)24-12-14(11-22-24)19-15(8-10-26-19)20(25)21-9-7-18-23-16-5-3-4-6-17(16)27-18/h11-13,15,19H,3-10H2,1-2H3,(H,21,25)/t15-,19+/m1/s1. The number of hydrogen-bond acceptors (Lipinski definition) is 5. The summed E-state index contributed by atoms with van der Waals surface area (Å²) in [6, 6.07) is 0.302. The lowest BCUT2D eigenvalue weighted by Gasteiger charge is -2.17. The van der Waals surface area contributed by atoms with Crippen molar-refractivity contribution in [2.75, 3.05) is 13.2 Å². The Hall–Kier alpha value is -1.73. The number of hydrogen-bond donors (Lipinski definition) is 1. The highest BCUT2D eigenvalue weighted by Crippen LogP contribution is 2.34. The highest BCUT2D eigenvalue weighted by molar-refractivity contribution is 7.11. The fourth-order valence-corrected chi connectivity index (χ4v) is 5.06. The van der Waals surface area contributed by atoms with E-state index in [4.69, 9.17) is 9.72 Å². The van der Waals surface area contributed by atoms with Crippen LogP contribution in [0.4, 0.5) is 0 Å². The van der Waals surface area contributed by atoms with Crippen molar-refractivity contribution in [1.29, 1.82) is 0 Å². The number of nitrogens with one attached hydrogen (secondary N) is 1. The Morgan fingerprint density at radius 2 is 2.26 bits per heavy atom. The van der Waals surface area contributed by atoms with Crippen molar-refractivity contribution in [2.45, 2.75) is 64.5 Å². The molecule has 0 bridgehead atoms. The molecule has 146 valence electrons.